The molecule has 1 nitrogen and oxygen atoms in total. The van der Waals surface area contributed by atoms with Crippen LogP contribution in [0.25, 0.3) is 0 Å². The van der Waals surface area contributed by atoms with Gasteiger partial charge in [-0.2, -0.15) is 0 Å². The average molecular weight is 391 g/mol. The highest BCUT2D eigenvalue weighted by molar-refractivity contribution is 14.1. The van der Waals surface area contributed by atoms with Crippen LogP contribution in [0.4, 0.5) is 0 Å². The van der Waals surface area contributed by atoms with Crippen molar-refractivity contribution in [1.82, 2.24) is 0 Å². The summed E-state index contributed by atoms with van der Waals surface area (Å²) in [5.41, 5.74) is 1.45. The summed E-state index contributed by atoms with van der Waals surface area (Å²) >= 11 is 14.1. The van der Waals surface area contributed by atoms with E-state index >= 15 is 0 Å². The molecule has 0 spiro atoms. The molecular weight excluding hydrogens is 382 g/mol. The number of hydrogen-bond acceptors (Lipinski definition) is 1. The molecule has 0 saturated heterocycles. The highest BCUT2D eigenvalue weighted by atomic mass is 127. The van der Waals surface area contributed by atoms with Crippen LogP contribution in [-0.4, -0.2) is 5.78 Å². The maximum absolute atomic E-state index is 12.1. The second-order valence-electron chi connectivity index (χ2n) is 3.85. The number of carbonyl (C=O) groups is 1. The Morgan fingerprint density at radius 3 is 2.61 bits per heavy atom. The zero-order valence-corrected chi connectivity index (χ0v) is 13.0. The van der Waals surface area contributed by atoms with Crippen molar-refractivity contribution in [2.24, 2.45) is 0 Å². The Bertz CT molecular complexity index is 596. The van der Waals surface area contributed by atoms with Gasteiger partial charge in [0.05, 0.1) is 0 Å². The van der Waals surface area contributed by atoms with Gasteiger partial charge in [0.15, 0.2) is 5.78 Å². The first-order chi connectivity index (χ1) is 8.56. The van der Waals surface area contributed by atoms with E-state index in [1.165, 1.54) is 0 Å². The fourth-order valence-corrected chi connectivity index (χ4v) is 2.54. The van der Waals surface area contributed by atoms with Gasteiger partial charge in [-0.1, -0.05) is 35.3 Å². The standard InChI is InChI=1S/C14H9Cl2IO/c15-11-4-5-13(16)10(6-11)8-14(18)9-2-1-3-12(17)7-9/h1-7H,8H2. The van der Waals surface area contributed by atoms with Crippen LogP contribution in [0.15, 0.2) is 42.5 Å². The van der Waals surface area contributed by atoms with Crippen LogP contribution < -0.4 is 0 Å². The lowest BCUT2D eigenvalue weighted by Crippen LogP contribution is -2.04. The third kappa shape index (κ3) is 3.46. The molecule has 18 heavy (non-hydrogen) atoms. The molecule has 4 heteroatoms. The van der Waals surface area contributed by atoms with Crippen molar-refractivity contribution < 1.29 is 4.79 Å². The molecule has 0 aromatic heterocycles. The van der Waals surface area contributed by atoms with E-state index in [0.717, 1.165) is 9.13 Å². The number of hydrogen-bond donors (Lipinski definition) is 0. The molecule has 0 aliphatic rings. The Kier molecular flexibility index (Phi) is 4.65. The Balaban J connectivity index is 2.24. The van der Waals surface area contributed by atoms with Gasteiger partial charge >= 0.3 is 0 Å². The molecule has 2 aromatic rings. The predicted octanol–water partition coefficient (Wildman–Crippen LogP) is 5.02. The van der Waals surface area contributed by atoms with E-state index < -0.39 is 0 Å². The van der Waals surface area contributed by atoms with Gasteiger partial charge in [0, 0.05) is 25.6 Å². The Labute approximate surface area is 129 Å². The van der Waals surface area contributed by atoms with Gasteiger partial charge in [-0.3, -0.25) is 4.79 Å². The quantitative estimate of drug-likeness (QED) is 0.531. The second-order valence-corrected chi connectivity index (χ2v) is 5.94. The zero-order chi connectivity index (χ0) is 13.1. The molecule has 0 saturated carbocycles. The number of benzene rings is 2. The van der Waals surface area contributed by atoms with Crippen LogP contribution in [0.1, 0.15) is 15.9 Å². The van der Waals surface area contributed by atoms with Crippen molar-refractivity contribution >= 4 is 51.6 Å². The summed E-state index contributed by atoms with van der Waals surface area (Å²) in [4.78, 5) is 12.1. The number of ketones is 1. The minimum absolute atomic E-state index is 0.0395. The van der Waals surface area contributed by atoms with Crippen molar-refractivity contribution in [2.45, 2.75) is 6.42 Å². The van der Waals surface area contributed by atoms with E-state index in [-0.39, 0.29) is 12.2 Å². The van der Waals surface area contributed by atoms with Crippen LogP contribution >= 0.6 is 45.8 Å². The lowest BCUT2D eigenvalue weighted by atomic mass is 10.0. The van der Waals surface area contributed by atoms with Gasteiger partial charge in [-0.15, -0.1) is 0 Å². The maximum atomic E-state index is 12.1. The molecule has 0 radical (unpaired) electrons. The fraction of sp³-hybridized carbons (Fsp3) is 0.0714. The maximum Gasteiger partial charge on any atom is 0.167 e. The summed E-state index contributed by atoms with van der Waals surface area (Å²) in [7, 11) is 0. The molecular formula is C14H9Cl2IO. The zero-order valence-electron chi connectivity index (χ0n) is 9.29. The minimum atomic E-state index is 0.0395. The van der Waals surface area contributed by atoms with E-state index in [1.54, 1.807) is 18.2 Å². The predicted molar refractivity (Wildman–Crippen MR) is 83.7 cm³/mol. The first-order valence-electron chi connectivity index (χ1n) is 5.29. The molecule has 92 valence electrons. The second kappa shape index (κ2) is 6.04. The summed E-state index contributed by atoms with van der Waals surface area (Å²) in [6.07, 6.45) is 0.263. The molecule has 0 fully saturated rings. The normalized spacial score (nSPS) is 10.4. The molecule has 0 N–H and O–H groups in total. The average Bonchev–Trinajstić information content (AvgIpc) is 2.34. The summed E-state index contributed by atoms with van der Waals surface area (Å²) in [6.45, 7) is 0. The van der Waals surface area contributed by atoms with E-state index in [1.807, 2.05) is 24.3 Å². The van der Waals surface area contributed by atoms with Crippen LogP contribution in [0.5, 0.6) is 0 Å². The summed E-state index contributed by atoms with van der Waals surface area (Å²) in [5, 5.41) is 1.16. The molecule has 0 bridgehead atoms. The third-order valence-electron chi connectivity index (χ3n) is 2.51. The monoisotopic (exact) mass is 390 g/mol. The number of Topliss-reactive ketones (excluding diaryl/α,β-unsaturated/α-hetero) is 1. The van der Waals surface area contributed by atoms with Crippen molar-refractivity contribution in [3.05, 3.63) is 67.2 Å². The smallest absolute Gasteiger partial charge is 0.167 e. The molecule has 0 atom stereocenters. The van der Waals surface area contributed by atoms with Crippen molar-refractivity contribution in [1.29, 1.82) is 0 Å². The molecule has 0 aliphatic heterocycles. The number of halogens is 3. The first-order valence-corrected chi connectivity index (χ1v) is 7.12. The lowest BCUT2D eigenvalue weighted by molar-refractivity contribution is 0.0993. The topological polar surface area (TPSA) is 17.1 Å². The van der Waals surface area contributed by atoms with Gasteiger partial charge < -0.3 is 0 Å². The van der Waals surface area contributed by atoms with E-state index in [2.05, 4.69) is 22.6 Å². The van der Waals surface area contributed by atoms with Gasteiger partial charge in [-0.05, 0) is 58.5 Å². The summed E-state index contributed by atoms with van der Waals surface area (Å²) in [6, 6.07) is 12.6. The van der Waals surface area contributed by atoms with Crippen LogP contribution in [0.2, 0.25) is 10.0 Å². The summed E-state index contributed by atoms with van der Waals surface area (Å²) < 4.78 is 1.04. The van der Waals surface area contributed by atoms with Crippen LogP contribution in [0, 0.1) is 3.57 Å². The minimum Gasteiger partial charge on any atom is -0.294 e. The third-order valence-corrected chi connectivity index (χ3v) is 3.78. The number of carbonyl (C=O) groups excluding carboxylic acids is 1. The lowest BCUT2D eigenvalue weighted by Gasteiger charge is -2.05. The highest BCUT2D eigenvalue weighted by Gasteiger charge is 2.10. The van der Waals surface area contributed by atoms with E-state index in [4.69, 9.17) is 23.2 Å². The van der Waals surface area contributed by atoms with Gasteiger partial charge in [0.25, 0.3) is 0 Å². The van der Waals surface area contributed by atoms with E-state index in [0.29, 0.717) is 15.6 Å². The molecule has 0 heterocycles. The molecule has 0 aliphatic carbocycles. The Morgan fingerprint density at radius 2 is 1.89 bits per heavy atom. The first kappa shape index (κ1) is 13.8. The summed E-state index contributed by atoms with van der Waals surface area (Å²) in [5.74, 6) is 0.0395. The van der Waals surface area contributed by atoms with E-state index in [9.17, 15) is 4.79 Å². The highest BCUT2D eigenvalue weighted by Crippen LogP contribution is 2.22. The molecule has 0 amide bonds. The Hall–Kier alpha value is -0.580. The fourth-order valence-electron chi connectivity index (χ4n) is 1.62. The largest absolute Gasteiger partial charge is 0.294 e. The van der Waals surface area contributed by atoms with Crippen molar-refractivity contribution in [3.8, 4) is 0 Å². The van der Waals surface area contributed by atoms with Crippen molar-refractivity contribution in [2.75, 3.05) is 0 Å². The van der Waals surface area contributed by atoms with Gasteiger partial charge in [-0.25, -0.2) is 0 Å². The van der Waals surface area contributed by atoms with Crippen LogP contribution in [0.3, 0.4) is 0 Å². The van der Waals surface area contributed by atoms with Gasteiger partial charge in [0.1, 0.15) is 0 Å². The molecule has 2 aromatic carbocycles. The SMILES string of the molecule is O=C(Cc1cc(Cl)ccc1Cl)c1cccc(I)c1. The molecule has 2 rings (SSSR count). The van der Waals surface area contributed by atoms with Crippen molar-refractivity contribution in [3.63, 3.8) is 0 Å². The molecule has 0 unspecified atom stereocenters. The number of rotatable bonds is 3. The van der Waals surface area contributed by atoms with Gasteiger partial charge in [0.2, 0.25) is 0 Å². The van der Waals surface area contributed by atoms with Crippen LogP contribution in [-0.2, 0) is 6.42 Å². The Morgan fingerprint density at radius 1 is 1.11 bits per heavy atom.